The van der Waals surface area contributed by atoms with Gasteiger partial charge in [-0.3, -0.25) is 4.79 Å². The highest BCUT2D eigenvalue weighted by atomic mass is 16.4. The highest BCUT2D eigenvalue weighted by Crippen LogP contribution is 2.19. The summed E-state index contributed by atoms with van der Waals surface area (Å²) < 4.78 is 0. The van der Waals surface area contributed by atoms with Gasteiger partial charge in [0.15, 0.2) is 0 Å². The Morgan fingerprint density at radius 3 is 2.53 bits per heavy atom. The van der Waals surface area contributed by atoms with Gasteiger partial charge in [-0.25, -0.2) is 9.89 Å². The van der Waals surface area contributed by atoms with Crippen molar-refractivity contribution in [3.8, 4) is 11.3 Å². The molecule has 0 atom stereocenters. The van der Waals surface area contributed by atoms with Gasteiger partial charge in [-0.15, -0.1) is 0 Å². The standard InChI is InChI=1S/C12H10N2O3/c1-7-2-4-8(5-3-7)11-9(12(16)17)6-10(15)13-14-11/h2-6H,1H3,(H,13,15)(H,16,17). The monoisotopic (exact) mass is 230 g/mol. The average Bonchev–Trinajstić information content (AvgIpc) is 2.30. The molecule has 86 valence electrons. The van der Waals surface area contributed by atoms with Gasteiger partial charge in [0.25, 0.3) is 5.56 Å². The maximum atomic E-state index is 11.1. The first-order valence-electron chi connectivity index (χ1n) is 4.98. The largest absolute Gasteiger partial charge is 0.478 e. The van der Waals surface area contributed by atoms with E-state index < -0.39 is 11.5 Å². The van der Waals surface area contributed by atoms with E-state index in [0.717, 1.165) is 11.6 Å². The zero-order chi connectivity index (χ0) is 12.4. The number of carbonyl (C=O) groups is 1. The van der Waals surface area contributed by atoms with E-state index in [4.69, 9.17) is 5.11 Å². The van der Waals surface area contributed by atoms with Crippen LogP contribution in [0.2, 0.25) is 0 Å². The Labute approximate surface area is 96.7 Å². The third kappa shape index (κ3) is 2.23. The van der Waals surface area contributed by atoms with E-state index in [2.05, 4.69) is 10.2 Å². The fourth-order valence-corrected chi connectivity index (χ4v) is 1.50. The molecule has 0 fully saturated rings. The first kappa shape index (κ1) is 11.1. The highest BCUT2D eigenvalue weighted by molar-refractivity contribution is 5.94. The van der Waals surface area contributed by atoms with Crippen LogP contribution in [0.15, 0.2) is 35.1 Å². The van der Waals surface area contributed by atoms with Crippen molar-refractivity contribution in [1.82, 2.24) is 10.2 Å². The molecular weight excluding hydrogens is 220 g/mol. The topological polar surface area (TPSA) is 83.0 Å². The van der Waals surface area contributed by atoms with E-state index >= 15 is 0 Å². The lowest BCUT2D eigenvalue weighted by Crippen LogP contribution is -2.13. The molecule has 1 aromatic carbocycles. The minimum Gasteiger partial charge on any atom is -0.478 e. The number of nitrogens with one attached hydrogen (secondary N) is 1. The lowest BCUT2D eigenvalue weighted by atomic mass is 10.1. The molecule has 2 N–H and O–H groups in total. The van der Waals surface area contributed by atoms with Crippen molar-refractivity contribution in [1.29, 1.82) is 0 Å². The third-order valence-electron chi connectivity index (χ3n) is 2.36. The smallest absolute Gasteiger partial charge is 0.338 e. The molecule has 0 amide bonds. The van der Waals surface area contributed by atoms with Gasteiger partial charge in [0, 0.05) is 11.6 Å². The summed E-state index contributed by atoms with van der Waals surface area (Å²) >= 11 is 0. The number of aromatic carboxylic acids is 1. The molecule has 1 heterocycles. The first-order chi connectivity index (χ1) is 8.08. The van der Waals surface area contributed by atoms with Crippen LogP contribution in [0.5, 0.6) is 0 Å². The summed E-state index contributed by atoms with van der Waals surface area (Å²) in [6.07, 6.45) is 0. The minimum absolute atomic E-state index is 0.0994. The fourth-order valence-electron chi connectivity index (χ4n) is 1.50. The Balaban J connectivity index is 2.62. The molecule has 0 aliphatic heterocycles. The van der Waals surface area contributed by atoms with Crippen molar-refractivity contribution in [2.24, 2.45) is 0 Å². The van der Waals surface area contributed by atoms with Gasteiger partial charge in [0.2, 0.25) is 0 Å². The lowest BCUT2D eigenvalue weighted by molar-refractivity contribution is 0.0697. The predicted molar refractivity (Wildman–Crippen MR) is 62.0 cm³/mol. The molecule has 0 unspecified atom stereocenters. The summed E-state index contributed by atoms with van der Waals surface area (Å²) in [6, 6.07) is 8.27. The average molecular weight is 230 g/mol. The Morgan fingerprint density at radius 2 is 1.94 bits per heavy atom. The number of hydrogen-bond acceptors (Lipinski definition) is 3. The van der Waals surface area contributed by atoms with Crippen LogP contribution in [0.1, 0.15) is 15.9 Å². The molecule has 2 rings (SSSR count). The molecule has 0 saturated carbocycles. The van der Waals surface area contributed by atoms with Crippen molar-refractivity contribution in [2.45, 2.75) is 6.92 Å². The number of H-pyrrole nitrogens is 1. The van der Waals surface area contributed by atoms with Crippen LogP contribution in [-0.4, -0.2) is 21.3 Å². The van der Waals surface area contributed by atoms with Gasteiger partial charge in [-0.05, 0) is 6.92 Å². The number of benzene rings is 1. The Morgan fingerprint density at radius 1 is 1.29 bits per heavy atom. The van der Waals surface area contributed by atoms with Crippen molar-refractivity contribution in [3.05, 3.63) is 51.8 Å². The van der Waals surface area contributed by atoms with E-state index in [1.165, 1.54) is 0 Å². The van der Waals surface area contributed by atoms with Crippen LogP contribution in [0.25, 0.3) is 11.3 Å². The number of carboxylic acids is 1. The molecule has 0 bridgehead atoms. The quantitative estimate of drug-likeness (QED) is 0.817. The molecule has 0 saturated heterocycles. The maximum Gasteiger partial charge on any atom is 0.338 e. The van der Waals surface area contributed by atoms with Crippen molar-refractivity contribution in [3.63, 3.8) is 0 Å². The Bertz CT molecular complexity index is 614. The highest BCUT2D eigenvalue weighted by Gasteiger charge is 2.13. The predicted octanol–water partition coefficient (Wildman–Crippen LogP) is 1.44. The molecule has 5 heteroatoms. The molecular formula is C12H10N2O3. The summed E-state index contributed by atoms with van der Waals surface area (Å²) in [5, 5.41) is 15.0. The molecule has 2 aromatic rings. The second-order valence-corrected chi connectivity index (χ2v) is 3.67. The molecule has 0 spiro atoms. The Kier molecular flexibility index (Phi) is 2.74. The summed E-state index contributed by atoms with van der Waals surface area (Å²) in [7, 11) is 0. The van der Waals surface area contributed by atoms with Crippen LogP contribution in [0.3, 0.4) is 0 Å². The summed E-state index contributed by atoms with van der Waals surface area (Å²) in [6.45, 7) is 1.93. The molecule has 0 aliphatic rings. The van der Waals surface area contributed by atoms with Gasteiger partial charge >= 0.3 is 5.97 Å². The van der Waals surface area contributed by atoms with Crippen molar-refractivity contribution < 1.29 is 9.90 Å². The van der Waals surface area contributed by atoms with E-state index in [9.17, 15) is 9.59 Å². The molecule has 0 radical (unpaired) electrons. The van der Waals surface area contributed by atoms with Gasteiger partial charge < -0.3 is 5.11 Å². The number of aromatic amines is 1. The van der Waals surface area contributed by atoms with E-state index in [0.29, 0.717) is 5.56 Å². The SMILES string of the molecule is Cc1ccc(-c2n[nH]c(=O)cc2C(=O)O)cc1. The fraction of sp³-hybridized carbons (Fsp3) is 0.0833. The van der Waals surface area contributed by atoms with Crippen LogP contribution < -0.4 is 5.56 Å². The van der Waals surface area contributed by atoms with Gasteiger partial charge in [0.1, 0.15) is 5.69 Å². The number of aromatic nitrogens is 2. The van der Waals surface area contributed by atoms with Crippen LogP contribution >= 0.6 is 0 Å². The van der Waals surface area contributed by atoms with Crippen LogP contribution in [-0.2, 0) is 0 Å². The molecule has 5 nitrogen and oxygen atoms in total. The first-order valence-corrected chi connectivity index (χ1v) is 4.98. The van der Waals surface area contributed by atoms with Gasteiger partial charge in [0.05, 0.1) is 5.56 Å². The van der Waals surface area contributed by atoms with E-state index in [1.807, 2.05) is 19.1 Å². The maximum absolute atomic E-state index is 11.1. The molecule has 17 heavy (non-hydrogen) atoms. The van der Waals surface area contributed by atoms with Crippen molar-refractivity contribution in [2.75, 3.05) is 0 Å². The Hall–Kier alpha value is -2.43. The molecule has 1 aromatic heterocycles. The summed E-state index contributed by atoms with van der Waals surface area (Å²) in [5.74, 6) is -1.17. The second kappa shape index (κ2) is 4.21. The number of rotatable bonds is 2. The lowest BCUT2D eigenvalue weighted by Gasteiger charge is -2.04. The number of hydrogen-bond donors (Lipinski definition) is 2. The van der Waals surface area contributed by atoms with Crippen molar-refractivity contribution >= 4 is 5.97 Å². The second-order valence-electron chi connectivity index (χ2n) is 3.67. The van der Waals surface area contributed by atoms with Gasteiger partial charge in [-0.1, -0.05) is 29.8 Å². The summed E-state index contributed by atoms with van der Waals surface area (Å²) in [5.41, 5.74) is 1.35. The number of nitrogens with zero attached hydrogens (tertiary/aromatic N) is 1. The normalized spacial score (nSPS) is 10.2. The van der Waals surface area contributed by atoms with E-state index in [-0.39, 0.29) is 11.3 Å². The van der Waals surface area contributed by atoms with Crippen LogP contribution in [0.4, 0.5) is 0 Å². The molecule has 0 aliphatic carbocycles. The number of aryl methyl sites for hydroxylation is 1. The van der Waals surface area contributed by atoms with Crippen LogP contribution in [0, 0.1) is 6.92 Å². The zero-order valence-corrected chi connectivity index (χ0v) is 9.10. The number of carboxylic acid groups (broad SMARTS) is 1. The minimum atomic E-state index is -1.17. The third-order valence-corrected chi connectivity index (χ3v) is 2.36. The van der Waals surface area contributed by atoms with Gasteiger partial charge in [-0.2, -0.15) is 5.10 Å². The van der Waals surface area contributed by atoms with E-state index in [1.54, 1.807) is 12.1 Å². The summed E-state index contributed by atoms with van der Waals surface area (Å²) in [4.78, 5) is 22.1. The zero-order valence-electron chi connectivity index (χ0n) is 9.10.